The smallest absolute Gasteiger partial charge is 0.320 e. The van der Waals surface area contributed by atoms with Crippen molar-refractivity contribution in [3.63, 3.8) is 0 Å². The molecule has 0 spiro atoms. The molecule has 0 aliphatic carbocycles. The van der Waals surface area contributed by atoms with Gasteiger partial charge in [-0.25, -0.2) is 0 Å². The van der Waals surface area contributed by atoms with Gasteiger partial charge in [0.2, 0.25) is 0 Å². The van der Waals surface area contributed by atoms with Gasteiger partial charge in [-0.2, -0.15) is 0 Å². The topological polar surface area (TPSA) is 119 Å². The molecule has 3 rings (SSSR count). The third kappa shape index (κ3) is 1.83. The van der Waals surface area contributed by atoms with Crippen molar-refractivity contribution in [3.8, 4) is 11.5 Å². The third-order valence-electron chi connectivity index (χ3n) is 3.70. The van der Waals surface area contributed by atoms with Crippen LogP contribution in [0.2, 0.25) is 0 Å². The van der Waals surface area contributed by atoms with Crippen LogP contribution in [0.3, 0.4) is 0 Å². The van der Waals surface area contributed by atoms with Gasteiger partial charge in [0.15, 0.2) is 11.5 Å². The molecule has 2 aliphatic heterocycles. The number of carboxylic acid groups (broad SMARTS) is 1. The average molecular weight is 277 g/mol. The van der Waals surface area contributed by atoms with E-state index >= 15 is 0 Å². The van der Waals surface area contributed by atoms with Gasteiger partial charge in [0.05, 0.1) is 0 Å². The fraction of sp³-hybridized carbons (Fsp3) is 0.308. The summed E-state index contributed by atoms with van der Waals surface area (Å²) in [6.07, 6.45) is 1.69. The van der Waals surface area contributed by atoms with Crippen LogP contribution in [-0.2, 0) is 4.79 Å². The highest BCUT2D eigenvalue weighted by Crippen LogP contribution is 2.39. The molecular formula is C13H15N3O4. The molecule has 0 aromatic heterocycles. The van der Waals surface area contributed by atoms with Crippen molar-refractivity contribution in [1.29, 1.82) is 0 Å². The van der Waals surface area contributed by atoms with Crippen LogP contribution in [0.4, 0.5) is 5.69 Å². The lowest BCUT2D eigenvalue weighted by Crippen LogP contribution is -2.61. The zero-order chi connectivity index (χ0) is 14.4. The number of nitrogens with zero attached hydrogens (tertiary/aromatic N) is 1. The number of hydrogen-bond acceptors (Lipinski definition) is 6. The van der Waals surface area contributed by atoms with Gasteiger partial charge in [0, 0.05) is 29.6 Å². The Hall–Kier alpha value is -2.41. The van der Waals surface area contributed by atoms with Crippen molar-refractivity contribution in [2.75, 3.05) is 11.4 Å². The Labute approximate surface area is 114 Å². The molecule has 7 nitrogen and oxygen atoms in total. The van der Waals surface area contributed by atoms with Crippen LogP contribution in [0, 0.1) is 0 Å². The van der Waals surface area contributed by atoms with Crippen LogP contribution < -0.4 is 16.0 Å². The van der Waals surface area contributed by atoms with Crippen LogP contribution in [-0.4, -0.2) is 40.0 Å². The van der Waals surface area contributed by atoms with E-state index in [1.807, 2.05) is 4.90 Å². The van der Waals surface area contributed by atoms with E-state index in [0.29, 0.717) is 24.2 Å². The largest absolute Gasteiger partial charge is 0.504 e. The predicted molar refractivity (Wildman–Crippen MR) is 72.2 cm³/mol. The highest BCUT2D eigenvalue weighted by molar-refractivity contribution is 5.79. The Bertz CT molecular complexity index is 614. The van der Waals surface area contributed by atoms with Gasteiger partial charge in [-0.1, -0.05) is 0 Å². The normalized spacial score (nSPS) is 24.6. The maximum atomic E-state index is 11.1. The number of anilines is 1. The van der Waals surface area contributed by atoms with Gasteiger partial charge in [0.1, 0.15) is 12.2 Å². The minimum Gasteiger partial charge on any atom is -0.504 e. The number of benzene rings is 1. The van der Waals surface area contributed by atoms with E-state index in [2.05, 4.69) is 5.32 Å². The van der Waals surface area contributed by atoms with Crippen LogP contribution in [0.15, 0.2) is 17.8 Å². The van der Waals surface area contributed by atoms with E-state index in [-0.39, 0.29) is 11.5 Å². The summed E-state index contributed by atoms with van der Waals surface area (Å²) in [7, 11) is 0. The minimum absolute atomic E-state index is 0.209. The highest BCUT2D eigenvalue weighted by Gasteiger charge is 2.36. The van der Waals surface area contributed by atoms with Gasteiger partial charge in [-0.15, -0.1) is 0 Å². The summed E-state index contributed by atoms with van der Waals surface area (Å²) in [4.78, 5) is 13.0. The Morgan fingerprint density at radius 2 is 2.05 bits per heavy atom. The Kier molecular flexibility index (Phi) is 2.72. The van der Waals surface area contributed by atoms with Crippen LogP contribution >= 0.6 is 0 Å². The maximum absolute atomic E-state index is 11.1. The van der Waals surface area contributed by atoms with Gasteiger partial charge in [-0.05, 0) is 18.6 Å². The summed E-state index contributed by atoms with van der Waals surface area (Å²) in [5.41, 5.74) is 7.87. The number of aliphatic carboxylic acids is 1. The Morgan fingerprint density at radius 3 is 2.75 bits per heavy atom. The molecule has 0 amide bonds. The van der Waals surface area contributed by atoms with E-state index in [9.17, 15) is 15.0 Å². The molecule has 0 bridgehead atoms. The lowest BCUT2D eigenvalue weighted by atomic mass is 9.99. The number of phenolic OH excluding ortho intramolecular Hbond substituents is 2. The van der Waals surface area contributed by atoms with Gasteiger partial charge >= 0.3 is 5.97 Å². The standard InChI is InChI=1S/C13H15N3O4/c14-7-3-6-4-10(17)11(18)5-9(6)16-2-1-8(13(19)20)15-12(7)16/h3-5,8,12,15,17-18H,1-2,14H2,(H,19,20)/t8-,12?/m0/s1. The first-order valence-corrected chi connectivity index (χ1v) is 6.26. The molecule has 1 aromatic carbocycles. The number of hydrogen-bond donors (Lipinski definition) is 5. The molecule has 106 valence electrons. The minimum atomic E-state index is -0.906. The van der Waals surface area contributed by atoms with Gasteiger partial charge in [0.25, 0.3) is 0 Å². The number of rotatable bonds is 1. The number of carboxylic acids is 1. The fourth-order valence-electron chi connectivity index (χ4n) is 2.70. The number of carbonyl (C=O) groups is 1. The van der Waals surface area contributed by atoms with E-state index in [0.717, 1.165) is 5.69 Å². The first kappa shape index (κ1) is 12.6. The quantitative estimate of drug-likeness (QED) is 0.458. The molecule has 1 unspecified atom stereocenters. The SMILES string of the molecule is NC1=Cc2cc(O)c(O)cc2N2CC[C@@H](C(=O)O)NC12. The number of nitrogens with one attached hydrogen (secondary N) is 1. The second-order valence-corrected chi connectivity index (χ2v) is 4.99. The van der Waals surface area contributed by atoms with Crippen molar-refractivity contribution in [1.82, 2.24) is 5.32 Å². The molecule has 6 N–H and O–H groups in total. The maximum Gasteiger partial charge on any atom is 0.320 e. The van der Waals surface area contributed by atoms with Crippen LogP contribution in [0.1, 0.15) is 12.0 Å². The molecule has 1 fully saturated rings. The Morgan fingerprint density at radius 1 is 1.35 bits per heavy atom. The van der Waals surface area contributed by atoms with Gasteiger partial charge < -0.3 is 26.0 Å². The van der Waals surface area contributed by atoms with E-state index < -0.39 is 18.2 Å². The third-order valence-corrected chi connectivity index (χ3v) is 3.70. The molecule has 1 aromatic rings. The molecule has 2 aliphatic rings. The number of aromatic hydroxyl groups is 2. The summed E-state index contributed by atoms with van der Waals surface area (Å²) >= 11 is 0. The lowest BCUT2D eigenvalue weighted by molar-refractivity contribution is -0.140. The summed E-state index contributed by atoms with van der Waals surface area (Å²) in [5.74, 6) is -1.33. The monoisotopic (exact) mass is 277 g/mol. The first-order chi connectivity index (χ1) is 9.47. The van der Waals surface area contributed by atoms with Crippen LogP contribution in [0.5, 0.6) is 11.5 Å². The second-order valence-electron chi connectivity index (χ2n) is 4.99. The molecule has 20 heavy (non-hydrogen) atoms. The van der Waals surface area contributed by atoms with Crippen molar-refractivity contribution in [3.05, 3.63) is 23.4 Å². The summed E-state index contributed by atoms with van der Waals surface area (Å²) < 4.78 is 0. The number of nitrogens with two attached hydrogens (primary N) is 1. The zero-order valence-corrected chi connectivity index (χ0v) is 10.6. The average Bonchev–Trinajstić information content (AvgIpc) is 2.41. The fourth-order valence-corrected chi connectivity index (χ4v) is 2.70. The summed E-state index contributed by atoms with van der Waals surface area (Å²) in [6, 6.07) is 2.26. The zero-order valence-electron chi connectivity index (χ0n) is 10.6. The van der Waals surface area contributed by atoms with E-state index in [4.69, 9.17) is 10.8 Å². The Balaban J connectivity index is 2.01. The molecule has 7 heteroatoms. The predicted octanol–water partition coefficient (Wildman–Crippen LogP) is -0.0100. The van der Waals surface area contributed by atoms with Crippen LogP contribution in [0.25, 0.3) is 6.08 Å². The summed E-state index contributed by atoms with van der Waals surface area (Å²) in [6.45, 7) is 0.500. The van der Waals surface area contributed by atoms with Crippen molar-refractivity contribution in [2.24, 2.45) is 5.73 Å². The second kappa shape index (κ2) is 4.31. The molecule has 0 saturated carbocycles. The van der Waals surface area contributed by atoms with Gasteiger partial charge in [-0.3, -0.25) is 10.1 Å². The lowest BCUT2D eigenvalue weighted by Gasteiger charge is -2.43. The summed E-state index contributed by atoms with van der Waals surface area (Å²) in [5, 5.41) is 31.2. The first-order valence-electron chi connectivity index (χ1n) is 6.26. The van der Waals surface area contributed by atoms with Crippen molar-refractivity contribution in [2.45, 2.75) is 18.6 Å². The molecule has 2 atom stereocenters. The molecule has 1 saturated heterocycles. The van der Waals surface area contributed by atoms with E-state index in [1.54, 1.807) is 6.08 Å². The number of fused-ring (bicyclic) bond motifs is 3. The molecule has 2 heterocycles. The van der Waals surface area contributed by atoms with Crippen molar-refractivity contribution >= 4 is 17.7 Å². The van der Waals surface area contributed by atoms with E-state index in [1.165, 1.54) is 12.1 Å². The molecular weight excluding hydrogens is 262 g/mol. The van der Waals surface area contributed by atoms with Crippen molar-refractivity contribution < 1.29 is 20.1 Å². The molecule has 0 radical (unpaired) electrons. The number of phenols is 2. The highest BCUT2D eigenvalue weighted by atomic mass is 16.4.